The van der Waals surface area contributed by atoms with E-state index in [0.717, 1.165) is 12.1 Å². The van der Waals surface area contributed by atoms with E-state index in [1.807, 2.05) is 0 Å². The summed E-state index contributed by atoms with van der Waals surface area (Å²) >= 11 is 0. The van der Waals surface area contributed by atoms with Crippen LogP contribution in [0.2, 0.25) is 0 Å². The highest BCUT2D eigenvalue weighted by Crippen LogP contribution is 2.38. The van der Waals surface area contributed by atoms with E-state index in [9.17, 15) is 35.5 Å². The Morgan fingerprint density at radius 1 is 1.00 bits per heavy atom. The molecular weight excluding hydrogens is 435 g/mol. The zero-order valence-electron chi connectivity index (χ0n) is 15.7. The number of ether oxygens (including phenoxy) is 2. The van der Waals surface area contributed by atoms with E-state index < -0.39 is 59.8 Å². The van der Waals surface area contributed by atoms with Crippen molar-refractivity contribution in [3.05, 3.63) is 70.5 Å². The summed E-state index contributed by atoms with van der Waals surface area (Å²) in [5, 5.41) is 0. The summed E-state index contributed by atoms with van der Waals surface area (Å²) in [5.41, 5.74) is -3.21. The fourth-order valence-electron chi connectivity index (χ4n) is 2.85. The zero-order valence-corrected chi connectivity index (χ0v) is 15.7. The molecule has 31 heavy (non-hydrogen) atoms. The number of carbonyl (C=O) groups excluding carboxylic acids is 1. The average molecular weight is 449 g/mol. The molecular formula is C20H14F7NO3. The maximum absolute atomic E-state index is 13.2. The standard InChI is InChI=1S/C20H14F7NO3/c1-10(12-6-13(19(22,23)24)8-14(7-12)20(25,26)27)31-18-17(28-16(29)9-30-18)11-2-4-15(21)5-3-11/h2-8,10,18H,9H2,1H3/t10-,18-/m1/s1. The van der Waals surface area contributed by atoms with Crippen LogP contribution in [0, 0.1) is 5.82 Å². The number of hydrogen-bond donors (Lipinski definition) is 0. The van der Waals surface area contributed by atoms with Gasteiger partial charge in [0.2, 0.25) is 6.29 Å². The topological polar surface area (TPSA) is 47.9 Å². The van der Waals surface area contributed by atoms with E-state index in [1.165, 1.54) is 19.1 Å². The normalized spacial score (nSPS) is 18.6. The maximum Gasteiger partial charge on any atom is 0.416 e. The van der Waals surface area contributed by atoms with E-state index in [-0.39, 0.29) is 17.3 Å². The molecule has 4 nitrogen and oxygen atoms in total. The van der Waals surface area contributed by atoms with Crippen LogP contribution in [0.1, 0.15) is 35.3 Å². The van der Waals surface area contributed by atoms with E-state index in [4.69, 9.17) is 9.47 Å². The summed E-state index contributed by atoms with van der Waals surface area (Å²) in [6, 6.07) is 5.83. The van der Waals surface area contributed by atoms with Gasteiger partial charge in [-0.15, -0.1) is 0 Å². The third-order valence-electron chi connectivity index (χ3n) is 4.37. The number of alkyl halides is 6. The number of hydrogen-bond acceptors (Lipinski definition) is 3. The third kappa shape index (κ3) is 5.47. The van der Waals surface area contributed by atoms with Crippen molar-refractivity contribution in [1.29, 1.82) is 0 Å². The first kappa shape index (κ1) is 22.9. The minimum atomic E-state index is -5.01. The molecule has 0 saturated heterocycles. The molecule has 2 aromatic carbocycles. The van der Waals surface area contributed by atoms with E-state index >= 15 is 0 Å². The fourth-order valence-corrected chi connectivity index (χ4v) is 2.85. The van der Waals surface area contributed by atoms with E-state index in [2.05, 4.69) is 4.99 Å². The van der Waals surface area contributed by atoms with Crippen LogP contribution in [0.5, 0.6) is 0 Å². The smallest absolute Gasteiger partial charge is 0.339 e. The number of amides is 1. The molecule has 1 amide bonds. The van der Waals surface area contributed by atoms with Gasteiger partial charge >= 0.3 is 12.4 Å². The molecule has 3 rings (SSSR count). The van der Waals surface area contributed by atoms with E-state index in [0.29, 0.717) is 12.1 Å². The van der Waals surface area contributed by atoms with Gasteiger partial charge < -0.3 is 9.47 Å². The van der Waals surface area contributed by atoms with Crippen LogP contribution in [0.25, 0.3) is 0 Å². The monoisotopic (exact) mass is 449 g/mol. The quantitative estimate of drug-likeness (QED) is 0.595. The van der Waals surface area contributed by atoms with Crippen molar-refractivity contribution < 1.29 is 45.0 Å². The van der Waals surface area contributed by atoms with Crippen molar-refractivity contribution in [2.75, 3.05) is 6.61 Å². The van der Waals surface area contributed by atoms with Crippen LogP contribution >= 0.6 is 0 Å². The molecule has 0 radical (unpaired) electrons. The van der Waals surface area contributed by atoms with E-state index in [1.54, 1.807) is 0 Å². The van der Waals surface area contributed by atoms with Crippen molar-refractivity contribution in [2.24, 2.45) is 4.99 Å². The first-order valence-electron chi connectivity index (χ1n) is 8.78. The minimum Gasteiger partial charge on any atom is -0.339 e. The Bertz CT molecular complexity index is 965. The first-order chi connectivity index (χ1) is 14.3. The van der Waals surface area contributed by atoms with Crippen molar-refractivity contribution >= 4 is 11.6 Å². The Balaban J connectivity index is 1.94. The molecule has 1 aliphatic heterocycles. The van der Waals surface area contributed by atoms with Gasteiger partial charge in [-0.2, -0.15) is 26.3 Å². The summed E-state index contributed by atoms with van der Waals surface area (Å²) in [5.74, 6) is -1.24. The Morgan fingerprint density at radius 2 is 1.55 bits per heavy atom. The van der Waals surface area contributed by atoms with Crippen LogP contribution in [0.15, 0.2) is 47.5 Å². The summed E-state index contributed by atoms with van der Waals surface area (Å²) in [7, 11) is 0. The van der Waals surface area contributed by atoms with Crippen molar-refractivity contribution in [3.63, 3.8) is 0 Å². The highest BCUT2D eigenvalue weighted by Gasteiger charge is 2.38. The number of carbonyl (C=O) groups is 1. The second kappa shape index (κ2) is 8.39. The molecule has 11 heteroatoms. The lowest BCUT2D eigenvalue weighted by Crippen LogP contribution is -2.36. The summed E-state index contributed by atoms with van der Waals surface area (Å²) in [6.45, 7) is 0.732. The molecule has 0 spiro atoms. The lowest BCUT2D eigenvalue weighted by Gasteiger charge is -2.27. The summed E-state index contributed by atoms with van der Waals surface area (Å²) < 4.78 is 103. The number of rotatable bonds is 4. The van der Waals surface area contributed by atoms with Gasteiger partial charge in [0, 0.05) is 5.56 Å². The van der Waals surface area contributed by atoms with Crippen molar-refractivity contribution in [1.82, 2.24) is 0 Å². The first-order valence-corrected chi connectivity index (χ1v) is 8.78. The Hall–Kier alpha value is -2.79. The number of nitrogens with zero attached hydrogens (tertiary/aromatic N) is 1. The van der Waals surface area contributed by atoms with Crippen LogP contribution in [-0.2, 0) is 26.6 Å². The van der Waals surface area contributed by atoms with Gasteiger partial charge in [0.15, 0.2) is 0 Å². The average Bonchev–Trinajstić information content (AvgIpc) is 2.68. The number of aliphatic imine (C=N–C) groups is 1. The summed E-state index contributed by atoms with van der Waals surface area (Å²) in [6.07, 6.45) is -12.7. The molecule has 1 heterocycles. The fraction of sp³-hybridized carbons (Fsp3) is 0.300. The maximum atomic E-state index is 13.2. The molecule has 0 N–H and O–H groups in total. The molecule has 0 unspecified atom stereocenters. The number of halogens is 7. The second-order valence-electron chi connectivity index (χ2n) is 6.66. The molecule has 166 valence electrons. The lowest BCUT2D eigenvalue weighted by atomic mass is 10.0. The molecule has 0 saturated carbocycles. The van der Waals surface area contributed by atoms with Gasteiger partial charge in [-0.05, 0) is 42.8 Å². The molecule has 0 fully saturated rings. The van der Waals surface area contributed by atoms with Crippen LogP contribution < -0.4 is 0 Å². The Labute approximate surface area is 171 Å². The second-order valence-corrected chi connectivity index (χ2v) is 6.66. The Morgan fingerprint density at radius 3 is 2.06 bits per heavy atom. The third-order valence-corrected chi connectivity index (χ3v) is 4.37. The molecule has 2 aromatic rings. The van der Waals surface area contributed by atoms with Gasteiger partial charge in [-0.25, -0.2) is 9.38 Å². The number of benzene rings is 2. The predicted molar refractivity (Wildman–Crippen MR) is 93.6 cm³/mol. The van der Waals surface area contributed by atoms with Gasteiger partial charge in [-0.3, -0.25) is 4.79 Å². The van der Waals surface area contributed by atoms with Gasteiger partial charge in [0.1, 0.15) is 18.1 Å². The largest absolute Gasteiger partial charge is 0.416 e. The lowest BCUT2D eigenvalue weighted by molar-refractivity contribution is -0.152. The molecule has 1 aliphatic rings. The van der Waals surface area contributed by atoms with Gasteiger partial charge in [0.25, 0.3) is 5.91 Å². The minimum absolute atomic E-state index is 0.0113. The summed E-state index contributed by atoms with van der Waals surface area (Å²) in [4.78, 5) is 15.4. The van der Waals surface area contributed by atoms with Crippen LogP contribution in [0.3, 0.4) is 0 Å². The van der Waals surface area contributed by atoms with Gasteiger partial charge in [-0.1, -0.05) is 12.1 Å². The molecule has 2 atom stereocenters. The van der Waals surface area contributed by atoms with Crippen LogP contribution in [0.4, 0.5) is 30.7 Å². The highest BCUT2D eigenvalue weighted by molar-refractivity contribution is 6.09. The highest BCUT2D eigenvalue weighted by atomic mass is 19.4. The van der Waals surface area contributed by atoms with Crippen molar-refractivity contribution in [2.45, 2.75) is 31.7 Å². The SMILES string of the molecule is C[C@@H](O[C@H]1OCC(=O)N=C1c1ccc(F)cc1)c1cc(C(F)(F)F)cc(C(F)(F)F)c1. The molecule has 0 aliphatic carbocycles. The molecule has 0 aromatic heterocycles. The molecule has 0 bridgehead atoms. The Kier molecular flexibility index (Phi) is 6.19. The van der Waals surface area contributed by atoms with Crippen molar-refractivity contribution in [3.8, 4) is 0 Å². The van der Waals surface area contributed by atoms with Crippen LogP contribution in [-0.4, -0.2) is 24.5 Å². The predicted octanol–water partition coefficient (Wildman–Crippen LogP) is 5.31. The van der Waals surface area contributed by atoms with Gasteiger partial charge in [0.05, 0.1) is 17.2 Å². The zero-order chi connectivity index (χ0) is 23.0.